The minimum Gasteiger partial charge on any atom is -0.477 e. The third kappa shape index (κ3) is 2.45. The van der Waals surface area contributed by atoms with Crippen LogP contribution >= 0.6 is 0 Å². The van der Waals surface area contributed by atoms with Gasteiger partial charge in [0.25, 0.3) is 0 Å². The van der Waals surface area contributed by atoms with Gasteiger partial charge in [0, 0.05) is 36.9 Å². The molecule has 0 spiro atoms. The minimum absolute atomic E-state index is 0.213. The molecule has 0 saturated heterocycles. The SMILES string of the molecule is Cc1cc(=O)c(C(=O)O)cn1Cc1ccncc1. The van der Waals surface area contributed by atoms with Crippen LogP contribution in [0.5, 0.6) is 0 Å². The van der Waals surface area contributed by atoms with Crippen LogP contribution in [-0.4, -0.2) is 20.6 Å². The van der Waals surface area contributed by atoms with E-state index in [2.05, 4.69) is 4.98 Å². The largest absolute Gasteiger partial charge is 0.477 e. The van der Waals surface area contributed by atoms with Gasteiger partial charge in [0.15, 0.2) is 5.43 Å². The Morgan fingerprint density at radius 2 is 2.06 bits per heavy atom. The van der Waals surface area contributed by atoms with Crippen molar-refractivity contribution < 1.29 is 9.90 Å². The van der Waals surface area contributed by atoms with Crippen molar-refractivity contribution in [1.82, 2.24) is 9.55 Å². The van der Waals surface area contributed by atoms with E-state index < -0.39 is 11.4 Å². The highest BCUT2D eigenvalue weighted by molar-refractivity contribution is 5.87. The quantitative estimate of drug-likeness (QED) is 0.883. The van der Waals surface area contributed by atoms with Crippen LogP contribution in [0.15, 0.2) is 41.6 Å². The highest BCUT2D eigenvalue weighted by Gasteiger charge is 2.10. The first-order chi connectivity index (χ1) is 8.58. The lowest BCUT2D eigenvalue weighted by molar-refractivity contribution is 0.0694. The molecule has 0 fully saturated rings. The van der Waals surface area contributed by atoms with Gasteiger partial charge in [-0.15, -0.1) is 0 Å². The number of aryl methyl sites for hydroxylation is 1. The van der Waals surface area contributed by atoms with E-state index in [1.54, 1.807) is 23.9 Å². The Kier molecular flexibility index (Phi) is 3.23. The fraction of sp³-hybridized carbons (Fsp3) is 0.154. The summed E-state index contributed by atoms with van der Waals surface area (Å²) >= 11 is 0. The normalized spacial score (nSPS) is 10.3. The van der Waals surface area contributed by atoms with Crippen molar-refractivity contribution >= 4 is 5.97 Å². The van der Waals surface area contributed by atoms with Gasteiger partial charge in [0.05, 0.1) is 0 Å². The van der Waals surface area contributed by atoms with Gasteiger partial charge in [-0.1, -0.05) is 0 Å². The fourth-order valence-electron chi connectivity index (χ4n) is 1.69. The summed E-state index contributed by atoms with van der Waals surface area (Å²) < 4.78 is 1.74. The smallest absolute Gasteiger partial charge is 0.341 e. The lowest BCUT2D eigenvalue weighted by Gasteiger charge is -2.11. The number of nitrogens with zero attached hydrogens (tertiary/aromatic N) is 2. The predicted octanol–water partition coefficient (Wildman–Crippen LogP) is 1.30. The van der Waals surface area contributed by atoms with Gasteiger partial charge in [-0.25, -0.2) is 4.79 Å². The first-order valence-electron chi connectivity index (χ1n) is 5.41. The molecule has 0 bridgehead atoms. The van der Waals surface area contributed by atoms with Gasteiger partial charge in [0.2, 0.25) is 0 Å². The lowest BCUT2D eigenvalue weighted by atomic mass is 10.2. The Balaban J connectivity index is 2.42. The zero-order valence-electron chi connectivity index (χ0n) is 9.83. The van der Waals surface area contributed by atoms with E-state index in [9.17, 15) is 9.59 Å². The molecule has 0 amide bonds. The number of hydrogen-bond acceptors (Lipinski definition) is 3. The summed E-state index contributed by atoms with van der Waals surface area (Å²) in [7, 11) is 0. The summed E-state index contributed by atoms with van der Waals surface area (Å²) in [5.41, 5.74) is 1.04. The summed E-state index contributed by atoms with van der Waals surface area (Å²) in [6.45, 7) is 2.28. The summed E-state index contributed by atoms with van der Waals surface area (Å²) in [4.78, 5) is 26.3. The summed E-state index contributed by atoms with van der Waals surface area (Å²) in [5, 5.41) is 8.92. The molecular weight excluding hydrogens is 232 g/mol. The molecule has 2 aromatic rings. The zero-order chi connectivity index (χ0) is 13.1. The fourth-order valence-corrected chi connectivity index (χ4v) is 1.69. The summed E-state index contributed by atoms with van der Waals surface area (Å²) in [6.07, 6.45) is 4.72. The van der Waals surface area contributed by atoms with E-state index in [1.165, 1.54) is 12.3 Å². The number of pyridine rings is 2. The topological polar surface area (TPSA) is 72.2 Å². The molecule has 0 aromatic carbocycles. The maximum Gasteiger partial charge on any atom is 0.341 e. The van der Waals surface area contributed by atoms with Crippen molar-refractivity contribution in [3.8, 4) is 0 Å². The van der Waals surface area contributed by atoms with Crippen LogP contribution in [0.2, 0.25) is 0 Å². The Labute approximate surface area is 103 Å². The Morgan fingerprint density at radius 3 is 2.67 bits per heavy atom. The molecule has 5 heteroatoms. The van der Waals surface area contributed by atoms with Gasteiger partial charge in [-0.3, -0.25) is 9.78 Å². The van der Waals surface area contributed by atoms with Crippen molar-refractivity contribution in [2.45, 2.75) is 13.5 Å². The summed E-state index contributed by atoms with van der Waals surface area (Å²) in [5.74, 6) is -1.21. The van der Waals surface area contributed by atoms with Gasteiger partial charge in [-0.2, -0.15) is 0 Å². The van der Waals surface area contributed by atoms with Crippen molar-refractivity contribution in [3.05, 3.63) is 63.8 Å². The maximum atomic E-state index is 11.5. The van der Waals surface area contributed by atoms with Crippen LogP contribution < -0.4 is 5.43 Å². The number of carboxylic acids is 1. The molecule has 2 aromatic heterocycles. The number of rotatable bonds is 3. The van der Waals surface area contributed by atoms with Crippen LogP contribution in [-0.2, 0) is 6.54 Å². The first-order valence-corrected chi connectivity index (χ1v) is 5.41. The van der Waals surface area contributed by atoms with Crippen LogP contribution in [0, 0.1) is 6.92 Å². The lowest BCUT2D eigenvalue weighted by Crippen LogP contribution is -2.19. The van der Waals surface area contributed by atoms with Crippen molar-refractivity contribution in [2.24, 2.45) is 0 Å². The van der Waals surface area contributed by atoms with Crippen molar-refractivity contribution in [3.63, 3.8) is 0 Å². The molecular formula is C13H12N2O3. The maximum absolute atomic E-state index is 11.5. The molecule has 0 radical (unpaired) electrons. The van der Waals surface area contributed by atoms with Crippen LogP contribution in [0.3, 0.4) is 0 Å². The second kappa shape index (κ2) is 4.83. The van der Waals surface area contributed by atoms with Gasteiger partial charge >= 0.3 is 5.97 Å². The monoisotopic (exact) mass is 244 g/mol. The van der Waals surface area contributed by atoms with E-state index in [4.69, 9.17) is 5.11 Å². The van der Waals surface area contributed by atoms with E-state index in [0.29, 0.717) is 6.54 Å². The highest BCUT2D eigenvalue weighted by Crippen LogP contribution is 2.05. The van der Waals surface area contributed by atoms with Crippen LogP contribution in [0.4, 0.5) is 0 Å². The van der Waals surface area contributed by atoms with E-state index in [1.807, 2.05) is 12.1 Å². The van der Waals surface area contributed by atoms with Gasteiger partial charge in [0.1, 0.15) is 5.56 Å². The molecule has 1 N–H and O–H groups in total. The first kappa shape index (κ1) is 12.0. The molecule has 2 rings (SSSR count). The molecule has 18 heavy (non-hydrogen) atoms. The molecule has 5 nitrogen and oxygen atoms in total. The third-order valence-electron chi connectivity index (χ3n) is 2.68. The zero-order valence-corrected chi connectivity index (χ0v) is 9.83. The van der Waals surface area contributed by atoms with E-state index in [-0.39, 0.29) is 5.56 Å². The average molecular weight is 244 g/mol. The Morgan fingerprint density at radius 1 is 1.39 bits per heavy atom. The second-order valence-corrected chi connectivity index (χ2v) is 3.98. The van der Waals surface area contributed by atoms with E-state index in [0.717, 1.165) is 11.3 Å². The number of hydrogen-bond donors (Lipinski definition) is 1. The van der Waals surface area contributed by atoms with Crippen molar-refractivity contribution in [1.29, 1.82) is 0 Å². The highest BCUT2D eigenvalue weighted by atomic mass is 16.4. The Bertz CT molecular complexity index is 632. The minimum atomic E-state index is -1.21. The number of carbonyl (C=O) groups is 1. The molecule has 0 atom stereocenters. The van der Waals surface area contributed by atoms with Gasteiger partial charge < -0.3 is 9.67 Å². The second-order valence-electron chi connectivity index (χ2n) is 3.98. The molecule has 2 heterocycles. The van der Waals surface area contributed by atoms with Crippen LogP contribution in [0.1, 0.15) is 21.6 Å². The molecule has 0 aliphatic carbocycles. The third-order valence-corrected chi connectivity index (χ3v) is 2.68. The number of carboxylic acid groups (broad SMARTS) is 1. The Hall–Kier alpha value is -2.43. The van der Waals surface area contributed by atoms with Gasteiger partial charge in [-0.05, 0) is 24.6 Å². The number of aromatic carboxylic acids is 1. The predicted molar refractivity (Wildman–Crippen MR) is 65.7 cm³/mol. The molecule has 92 valence electrons. The average Bonchev–Trinajstić information content (AvgIpc) is 2.33. The standard InChI is InChI=1S/C13H12N2O3/c1-9-6-12(16)11(13(17)18)8-15(9)7-10-2-4-14-5-3-10/h2-6,8H,7H2,1H3,(H,17,18). The number of aromatic nitrogens is 2. The molecule has 0 saturated carbocycles. The van der Waals surface area contributed by atoms with Crippen molar-refractivity contribution in [2.75, 3.05) is 0 Å². The molecule has 0 aliphatic heterocycles. The summed E-state index contributed by atoms with van der Waals surface area (Å²) in [6, 6.07) is 5.03. The van der Waals surface area contributed by atoms with E-state index >= 15 is 0 Å². The molecule has 0 unspecified atom stereocenters. The van der Waals surface area contributed by atoms with Crippen LogP contribution in [0.25, 0.3) is 0 Å². The molecule has 0 aliphatic rings.